The van der Waals surface area contributed by atoms with Gasteiger partial charge >= 0.3 is 6.18 Å². The highest BCUT2D eigenvalue weighted by atomic mass is 19.4. The Kier molecular flexibility index (Phi) is 6.08. The number of benzene rings is 2. The topological polar surface area (TPSA) is 79.9 Å². The molecule has 5 nitrogen and oxygen atoms in total. The number of aliphatic hydroxyl groups excluding tert-OH is 1. The number of hydrogen-bond donors (Lipinski definition) is 3. The fourth-order valence-electron chi connectivity index (χ4n) is 3.05. The van der Waals surface area contributed by atoms with Crippen molar-refractivity contribution in [2.24, 2.45) is 10.7 Å². The number of guanidine groups is 1. The van der Waals surface area contributed by atoms with Crippen molar-refractivity contribution in [3.8, 4) is 5.75 Å². The smallest absolute Gasteiger partial charge is 0.416 e. The Bertz CT molecular complexity index is 853. The molecule has 1 unspecified atom stereocenters. The summed E-state index contributed by atoms with van der Waals surface area (Å²) in [6.45, 7) is -0.236. The minimum absolute atomic E-state index is 0.0297. The molecule has 0 heterocycles. The van der Waals surface area contributed by atoms with Crippen molar-refractivity contribution in [1.82, 2.24) is 0 Å². The molecule has 3 rings (SSSR count). The molecule has 1 atom stereocenters. The van der Waals surface area contributed by atoms with Crippen molar-refractivity contribution in [3.63, 3.8) is 0 Å². The fraction of sp³-hybridized carbons (Fsp3) is 0.350. The molecule has 2 aromatic rings. The van der Waals surface area contributed by atoms with Gasteiger partial charge < -0.3 is 20.9 Å². The summed E-state index contributed by atoms with van der Waals surface area (Å²) in [5.74, 6) is 0.179. The van der Waals surface area contributed by atoms with E-state index in [0.29, 0.717) is 0 Å². The number of ether oxygens (including phenoxy) is 1. The van der Waals surface area contributed by atoms with Crippen molar-refractivity contribution in [2.75, 3.05) is 18.5 Å². The number of halogens is 3. The normalized spacial score (nSPS) is 15.2. The van der Waals surface area contributed by atoms with Gasteiger partial charge in [0.2, 0.25) is 0 Å². The largest absolute Gasteiger partial charge is 0.491 e. The zero-order valence-electron chi connectivity index (χ0n) is 15.2. The Morgan fingerprint density at radius 1 is 1.18 bits per heavy atom. The Balaban J connectivity index is 1.49. The summed E-state index contributed by atoms with van der Waals surface area (Å²) < 4.78 is 43.3. The lowest BCUT2D eigenvalue weighted by Gasteiger charge is -2.13. The van der Waals surface area contributed by atoms with E-state index in [2.05, 4.69) is 16.4 Å². The average Bonchev–Trinajstić information content (AvgIpc) is 3.12. The van der Waals surface area contributed by atoms with Gasteiger partial charge in [0.05, 0.1) is 12.1 Å². The van der Waals surface area contributed by atoms with E-state index < -0.39 is 17.8 Å². The van der Waals surface area contributed by atoms with Crippen LogP contribution in [0.4, 0.5) is 18.9 Å². The molecule has 0 fully saturated rings. The van der Waals surface area contributed by atoms with E-state index in [4.69, 9.17) is 10.5 Å². The van der Waals surface area contributed by atoms with Crippen molar-refractivity contribution in [2.45, 2.75) is 31.5 Å². The predicted molar refractivity (Wildman–Crippen MR) is 102 cm³/mol. The van der Waals surface area contributed by atoms with Crippen molar-refractivity contribution < 1.29 is 23.0 Å². The molecule has 1 aliphatic rings. The number of aliphatic imine (C=N–C) groups is 1. The number of fused-ring (bicyclic) bond motifs is 1. The van der Waals surface area contributed by atoms with Gasteiger partial charge in [0, 0.05) is 5.69 Å². The highest BCUT2D eigenvalue weighted by Gasteiger charge is 2.30. The van der Waals surface area contributed by atoms with Crippen LogP contribution >= 0.6 is 0 Å². The first-order valence-corrected chi connectivity index (χ1v) is 8.98. The number of anilines is 1. The predicted octanol–water partition coefficient (Wildman–Crippen LogP) is 3.36. The summed E-state index contributed by atoms with van der Waals surface area (Å²) in [6, 6.07) is 10.5. The third-order valence-electron chi connectivity index (χ3n) is 4.45. The lowest BCUT2D eigenvalue weighted by atomic mass is 10.1. The molecule has 0 radical (unpaired) electrons. The van der Waals surface area contributed by atoms with Crippen LogP contribution in [0.25, 0.3) is 0 Å². The third-order valence-corrected chi connectivity index (χ3v) is 4.45. The first-order chi connectivity index (χ1) is 13.3. The van der Waals surface area contributed by atoms with Gasteiger partial charge in [-0.1, -0.05) is 12.1 Å². The van der Waals surface area contributed by atoms with E-state index in [9.17, 15) is 18.3 Å². The van der Waals surface area contributed by atoms with Gasteiger partial charge in [-0.3, -0.25) is 4.99 Å². The van der Waals surface area contributed by atoms with Crippen LogP contribution in [0.5, 0.6) is 5.75 Å². The van der Waals surface area contributed by atoms with Crippen molar-refractivity contribution in [1.29, 1.82) is 0 Å². The SMILES string of the molecule is NC(=NCC(O)COc1cccc(C(F)(F)F)c1)Nc1ccc2c(c1)CCC2. The molecule has 0 aromatic heterocycles. The summed E-state index contributed by atoms with van der Waals surface area (Å²) in [5, 5.41) is 12.9. The Morgan fingerprint density at radius 2 is 1.96 bits per heavy atom. The average molecular weight is 393 g/mol. The molecular weight excluding hydrogens is 371 g/mol. The van der Waals surface area contributed by atoms with Gasteiger partial charge in [0.25, 0.3) is 0 Å². The number of rotatable bonds is 6. The number of nitrogens with one attached hydrogen (secondary N) is 1. The first kappa shape index (κ1) is 20.0. The number of nitrogens with two attached hydrogens (primary N) is 1. The number of nitrogens with zero attached hydrogens (tertiary/aromatic N) is 1. The standard InChI is InChI=1S/C20H22F3N3O2/c21-20(22,23)15-5-2-6-18(10-15)28-12-17(27)11-25-19(24)26-16-8-7-13-3-1-4-14(13)9-16/h2,5-10,17,27H,1,3-4,11-12H2,(H3,24,25,26). The molecule has 8 heteroatoms. The lowest BCUT2D eigenvalue weighted by molar-refractivity contribution is -0.137. The van der Waals surface area contributed by atoms with Gasteiger partial charge in [0.15, 0.2) is 5.96 Å². The maximum Gasteiger partial charge on any atom is 0.416 e. The first-order valence-electron chi connectivity index (χ1n) is 8.98. The van der Waals surface area contributed by atoms with Gasteiger partial charge in [-0.2, -0.15) is 13.2 Å². The molecule has 4 N–H and O–H groups in total. The van der Waals surface area contributed by atoms with Crippen LogP contribution < -0.4 is 15.8 Å². The van der Waals surface area contributed by atoms with Gasteiger partial charge in [-0.15, -0.1) is 0 Å². The Labute approximate surface area is 161 Å². The van der Waals surface area contributed by atoms with Crippen LogP contribution in [0, 0.1) is 0 Å². The Hall–Kier alpha value is -2.74. The van der Waals surface area contributed by atoms with E-state index in [1.807, 2.05) is 12.1 Å². The third kappa shape index (κ3) is 5.39. The highest BCUT2D eigenvalue weighted by molar-refractivity contribution is 5.92. The molecule has 0 aliphatic heterocycles. The summed E-state index contributed by atoms with van der Waals surface area (Å²) in [4.78, 5) is 4.06. The quantitative estimate of drug-likeness (QED) is 0.519. The fourth-order valence-corrected chi connectivity index (χ4v) is 3.05. The van der Waals surface area contributed by atoms with Gasteiger partial charge in [-0.25, -0.2) is 0 Å². The molecule has 28 heavy (non-hydrogen) atoms. The molecule has 1 aliphatic carbocycles. The monoisotopic (exact) mass is 393 g/mol. The maximum atomic E-state index is 12.7. The Morgan fingerprint density at radius 3 is 2.75 bits per heavy atom. The number of alkyl halides is 3. The lowest BCUT2D eigenvalue weighted by Crippen LogP contribution is -2.27. The molecule has 0 amide bonds. The van der Waals surface area contributed by atoms with Crippen LogP contribution in [0.15, 0.2) is 47.5 Å². The minimum Gasteiger partial charge on any atom is -0.491 e. The molecule has 2 aromatic carbocycles. The zero-order valence-corrected chi connectivity index (χ0v) is 15.2. The summed E-state index contributed by atoms with van der Waals surface area (Å²) >= 11 is 0. The van der Waals surface area contributed by atoms with E-state index >= 15 is 0 Å². The van der Waals surface area contributed by atoms with Gasteiger partial charge in [-0.05, 0) is 60.7 Å². The van der Waals surface area contributed by atoms with Crippen LogP contribution in [-0.2, 0) is 19.0 Å². The van der Waals surface area contributed by atoms with E-state index in [1.165, 1.54) is 23.3 Å². The molecular formula is C20H22F3N3O2. The van der Waals surface area contributed by atoms with E-state index in [-0.39, 0.29) is 24.9 Å². The van der Waals surface area contributed by atoms with Crippen molar-refractivity contribution in [3.05, 3.63) is 59.2 Å². The maximum absolute atomic E-state index is 12.7. The second-order valence-electron chi connectivity index (χ2n) is 6.68. The van der Waals surface area contributed by atoms with Crippen LogP contribution in [0.3, 0.4) is 0 Å². The van der Waals surface area contributed by atoms with Gasteiger partial charge in [0.1, 0.15) is 18.5 Å². The van der Waals surface area contributed by atoms with E-state index in [1.54, 1.807) is 0 Å². The molecule has 150 valence electrons. The summed E-state index contributed by atoms with van der Waals surface area (Å²) in [6.07, 6.45) is -2.15. The highest BCUT2D eigenvalue weighted by Crippen LogP contribution is 2.31. The number of aryl methyl sites for hydroxylation is 2. The number of aliphatic hydroxyl groups is 1. The summed E-state index contributed by atoms with van der Waals surface area (Å²) in [7, 11) is 0. The molecule has 0 spiro atoms. The minimum atomic E-state index is -4.44. The second-order valence-corrected chi connectivity index (χ2v) is 6.68. The second kappa shape index (κ2) is 8.52. The van der Waals surface area contributed by atoms with Crippen LogP contribution in [0.1, 0.15) is 23.1 Å². The molecule has 0 saturated heterocycles. The van der Waals surface area contributed by atoms with Crippen molar-refractivity contribution >= 4 is 11.6 Å². The molecule has 0 saturated carbocycles. The van der Waals surface area contributed by atoms with E-state index in [0.717, 1.165) is 37.1 Å². The van der Waals surface area contributed by atoms with Crippen LogP contribution in [-0.4, -0.2) is 30.3 Å². The summed E-state index contributed by atoms with van der Waals surface area (Å²) in [5.41, 5.74) is 8.51. The van der Waals surface area contributed by atoms with Crippen LogP contribution in [0.2, 0.25) is 0 Å². The number of hydrogen-bond acceptors (Lipinski definition) is 3. The molecule has 0 bridgehead atoms. The zero-order chi connectivity index (χ0) is 20.1.